The van der Waals surface area contributed by atoms with Gasteiger partial charge in [0.25, 0.3) is 5.91 Å². The van der Waals surface area contributed by atoms with Crippen molar-refractivity contribution in [1.82, 2.24) is 40.5 Å². The van der Waals surface area contributed by atoms with E-state index in [0.29, 0.717) is 45.8 Å². The second-order valence-corrected chi connectivity index (χ2v) is 8.50. The summed E-state index contributed by atoms with van der Waals surface area (Å²) in [5, 5.41) is 15.6. The zero-order valence-corrected chi connectivity index (χ0v) is 19.3. The molecule has 0 fully saturated rings. The van der Waals surface area contributed by atoms with Crippen LogP contribution in [0.5, 0.6) is 0 Å². The molecule has 10 heteroatoms. The molecule has 0 radical (unpaired) electrons. The number of halogens is 1. The van der Waals surface area contributed by atoms with Gasteiger partial charge in [-0.05, 0) is 53.6 Å². The maximum Gasteiger partial charge on any atom is 0.251 e. The average Bonchev–Trinajstić information content (AvgIpc) is 3.26. The van der Waals surface area contributed by atoms with Crippen LogP contribution in [0.15, 0.2) is 48.9 Å². The molecule has 3 aromatic heterocycles. The lowest BCUT2D eigenvalue weighted by atomic mass is 10.0. The van der Waals surface area contributed by atoms with Crippen molar-refractivity contribution in [2.24, 2.45) is 5.92 Å². The van der Waals surface area contributed by atoms with Crippen LogP contribution in [0.25, 0.3) is 16.9 Å². The van der Waals surface area contributed by atoms with Crippen LogP contribution in [-0.2, 0) is 13.0 Å². The van der Waals surface area contributed by atoms with Crippen molar-refractivity contribution in [2.75, 3.05) is 0 Å². The highest BCUT2D eigenvalue weighted by molar-refractivity contribution is 6.30. The second-order valence-electron chi connectivity index (χ2n) is 8.07. The fourth-order valence-corrected chi connectivity index (χ4v) is 3.35. The van der Waals surface area contributed by atoms with E-state index in [1.165, 1.54) is 0 Å². The molecule has 4 rings (SSSR count). The molecular weight excluding hydrogens is 440 g/mol. The third-order valence-electron chi connectivity index (χ3n) is 4.84. The number of pyridine rings is 1. The van der Waals surface area contributed by atoms with Gasteiger partial charge in [-0.25, -0.2) is 0 Å². The molecule has 0 aliphatic rings. The normalized spacial score (nSPS) is 11.1. The number of carbonyl (C=O) groups is 1. The first-order valence-corrected chi connectivity index (χ1v) is 10.9. The minimum Gasteiger partial charge on any atom is -0.346 e. The van der Waals surface area contributed by atoms with Crippen LogP contribution in [0.1, 0.15) is 41.4 Å². The minimum absolute atomic E-state index is 0.257. The highest BCUT2D eigenvalue weighted by Gasteiger charge is 2.16. The molecule has 9 nitrogen and oxygen atoms in total. The van der Waals surface area contributed by atoms with Crippen LogP contribution in [0.2, 0.25) is 5.02 Å². The number of aromatic nitrogens is 7. The number of nitrogens with zero attached hydrogens (tertiary/aromatic N) is 7. The Morgan fingerprint density at radius 2 is 1.94 bits per heavy atom. The summed E-state index contributed by atoms with van der Waals surface area (Å²) in [6, 6.07) is 9.00. The summed E-state index contributed by atoms with van der Waals surface area (Å²) < 4.78 is 1.65. The largest absolute Gasteiger partial charge is 0.346 e. The summed E-state index contributed by atoms with van der Waals surface area (Å²) in [6.07, 6.45) is 5.58. The summed E-state index contributed by atoms with van der Waals surface area (Å²) in [5.41, 5.74) is 4.03. The monoisotopic (exact) mass is 462 g/mol. The van der Waals surface area contributed by atoms with E-state index in [9.17, 15) is 4.79 Å². The van der Waals surface area contributed by atoms with E-state index >= 15 is 0 Å². The second kappa shape index (κ2) is 9.83. The van der Waals surface area contributed by atoms with Gasteiger partial charge in [-0.3, -0.25) is 19.7 Å². The van der Waals surface area contributed by atoms with Crippen molar-refractivity contribution < 1.29 is 4.79 Å². The van der Waals surface area contributed by atoms with Crippen molar-refractivity contribution in [3.05, 3.63) is 76.7 Å². The van der Waals surface area contributed by atoms with E-state index in [2.05, 4.69) is 49.6 Å². The van der Waals surface area contributed by atoms with E-state index in [-0.39, 0.29) is 12.5 Å². The fourth-order valence-electron chi connectivity index (χ4n) is 3.24. The van der Waals surface area contributed by atoms with Crippen LogP contribution in [-0.4, -0.2) is 41.1 Å². The number of amides is 1. The number of hydrogen-bond acceptors (Lipinski definition) is 7. The summed E-state index contributed by atoms with van der Waals surface area (Å²) in [5.74, 6) is 0.828. The Balaban J connectivity index is 1.69. The van der Waals surface area contributed by atoms with E-state index in [4.69, 9.17) is 11.6 Å². The lowest BCUT2D eigenvalue weighted by molar-refractivity contribution is 0.0950. The first-order valence-electron chi connectivity index (χ1n) is 10.5. The smallest absolute Gasteiger partial charge is 0.251 e. The predicted molar refractivity (Wildman–Crippen MR) is 124 cm³/mol. The Bertz CT molecular complexity index is 1250. The molecule has 0 unspecified atom stereocenters. The predicted octanol–water partition coefficient (Wildman–Crippen LogP) is 3.60. The molecule has 3 heterocycles. The summed E-state index contributed by atoms with van der Waals surface area (Å²) >= 11 is 6.00. The molecule has 0 saturated heterocycles. The van der Waals surface area contributed by atoms with Gasteiger partial charge in [0.2, 0.25) is 0 Å². The van der Waals surface area contributed by atoms with Crippen LogP contribution in [0, 0.1) is 12.8 Å². The van der Waals surface area contributed by atoms with Gasteiger partial charge in [0.1, 0.15) is 0 Å². The lowest BCUT2D eigenvalue weighted by Gasteiger charge is -2.12. The standard InChI is InChI=1S/C23H23ClN8O/c1-14(2)6-22-29-30-31-32(22)20-8-16(21-5-4-18(24)11-27-21)7-17(9-20)23(33)28-13-19-12-25-15(3)10-26-19/h4-5,7-12,14H,6,13H2,1-3H3,(H,28,33). The average molecular weight is 463 g/mol. The third-order valence-corrected chi connectivity index (χ3v) is 5.06. The Hall–Kier alpha value is -3.72. The van der Waals surface area contributed by atoms with Crippen molar-refractivity contribution in [1.29, 1.82) is 0 Å². The lowest BCUT2D eigenvalue weighted by Crippen LogP contribution is -2.24. The van der Waals surface area contributed by atoms with Crippen LogP contribution in [0.4, 0.5) is 0 Å². The van der Waals surface area contributed by atoms with Crippen LogP contribution in [0.3, 0.4) is 0 Å². The SMILES string of the molecule is Cc1cnc(CNC(=O)c2cc(-c3ccc(Cl)cn3)cc(-n3nnnc3CC(C)C)c2)cn1. The molecule has 0 aliphatic heterocycles. The summed E-state index contributed by atoms with van der Waals surface area (Å²) in [7, 11) is 0. The third kappa shape index (κ3) is 5.56. The van der Waals surface area contributed by atoms with E-state index in [1.54, 1.807) is 47.5 Å². The van der Waals surface area contributed by atoms with E-state index < -0.39 is 0 Å². The molecule has 0 saturated carbocycles. The molecule has 33 heavy (non-hydrogen) atoms. The Kier molecular flexibility index (Phi) is 6.69. The van der Waals surface area contributed by atoms with Crippen molar-refractivity contribution >= 4 is 17.5 Å². The molecule has 0 spiro atoms. The highest BCUT2D eigenvalue weighted by Crippen LogP contribution is 2.24. The zero-order chi connectivity index (χ0) is 23.4. The number of nitrogens with one attached hydrogen (secondary N) is 1. The summed E-state index contributed by atoms with van der Waals surface area (Å²) in [4.78, 5) is 25.9. The molecule has 1 amide bonds. The van der Waals surface area contributed by atoms with Gasteiger partial charge in [0.15, 0.2) is 5.82 Å². The van der Waals surface area contributed by atoms with E-state index in [1.807, 2.05) is 13.0 Å². The molecule has 0 atom stereocenters. The Morgan fingerprint density at radius 3 is 2.64 bits per heavy atom. The minimum atomic E-state index is -0.257. The number of hydrogen-bond donors (Lipinski definition) is 1. The molecule has 1 aromatic carbocycles. The van der Waals surface area contributed by atoms with Gasteiger partial charge in [-0.2, -0.15) is 4.68 Å². The van der Waals surface area contributed by atoms with Crippen LogP contribution < -0.4 is 5.32 Å². The molecule has 4 aromatic rings. The number of tetrazole rings is 1. The zero-order valence-electron chi connectivity index (χ0n) is 18.5. The Labute approximate surface area is 196 Å². The number of carbonyl (C=O) groups excluding carboxylic acids is 1. The topological polar surface area (TPSA) is 111 Å². The van der Waals surface area contributed by atoms with Gasteiger partial charge in [-0.1, -0.05) is 25.4 Å². The molecule has 1 N–H and O–H groups in total. The quantitative estimate of drug-likeness (QED) is 0.446. The van der Waals surface area contributed by atoms with Crippen molar-refractivity contribution in [3.63, 3.8) is 0 Å². The number of benzene rings is 1. The molecule has 0 aliphatic carbocycles. The number of rotatable bonds is 7. The maximum atomic E-state index is 13.0. The van der Waals surface area contributed by atoms with Crippen LogP contribution >= 0.6 is 11.6 Å². The molecule has 168 valence electrons. The van der Waals surface area contributed by atoms with Gasteiger partial charge >= 0.3 is 0 Å². The van der Waals surface area contributed by atoms with Crippen molar-refractivity contribution in [3.8, 4) is 16.9 Å². The van der Waals surface area contributed by atoms with Gasteiger partial charge in [0, 0.05) is 29.9 Å². The van der Waals surface area contributed by atoms with Gasteiger partial charge in [-0.15, -0.1) is 5.10 Å². The maximum absolute atomic E-state index is 13.0. The summed E-state index contributed by atoms with van der Waals surface area (Å²) in [6.45, 7) is 6.31. The molecule has 0 bridgehead atoms. The van der Waals surface area contributed by atoms with E-state index in [0.717, 1.165) is 11.3 Å². The highest BCUT2D eigenvalue weighted by atomic mass is 35.5. The van der Waals surface area contributed by atoms with Gasteiger partial charge in [0.05, 0.1) is 40.5 Å². The first-order chi connectivity index (χ1) is 15.9. The number of aryl methyl sites for hydroxylation is 1. The Morgan fingerprint density at radius 1 is 1.09 bits per heavy atom. The molecular formula is C23H23ClN8O. The first kappa shape index (κ1) is 22.5. The van der Waals surface area contributed by atoms with Gasteiger partial charge < -0.3 is 5.32 Å². The fraction of sp³-hybridized carbons (Fsp3) is 0.261. The van der Waals surface area contributed by atoms with Crippen molar-refractivity contribution in [2.45, 2.75) is 33.7 Å².